The van der Waals surface area contributed by atoms with Crippen LogP contribution < -0.4 is 10.6 Å². The Balaban J connectivity index is 0.00000264. The molecule has 132 valence electrons. The van der Waals surface area contributed by atoms with Crippen LogP contribution in [0.1, 0.15) is 38.5 Å². The largest absolute Gasteiger partial charge is 0.377 e. The number of hydrogen-bond acceptors (Lipinski definition) is 3. The van der Waals surface area contributed by atoms with E-state index in [1.807, 2.05) is 7.05 Å². The van der Waals surface area contributed by atoms with E-state index in [9.17, 15) is 0 Å². The Morgan fingerprint density at radius 1 is 1.39 bits per heavy atom. The first-order valence-corrected chi connectivity index (χ1v) is 8.97. The Morgan fingerprint density at radius 3 is 2.78 bits per heavy atom. The Kier molecular flexibility index (Phi) is 8.85. The SMILES string of the molecule is CN=C(NCc1cccs1)NCC1CCCOC1C(C)(C)C.I. The Labute approximate surface area is 161 Å². The number of ether oxygens (including phenoxy) is 1. The van der Waals surface area contributed by atoms with Crippen molar-refractivity contribution in [2.45, 2.75) is 46.3 Å². The van der Waals surface area contributed by atoms with Crippen molar-refractivity contribution < 1.29 is 4.74 Å². The normalized spacial score (nSPS) is 22.3. The zero-order valence-electron chi connectivity index (χ0n) is 14.6. The smallest absolute Gasteiger partial charge is 0.191 e. The summed E-state index contributed by atoms with van der Waals surface area (Å²) in [6.45, 7) is 9.41. The van der Waals surface area contributed by atoms with Crippen molar-refractivity contribution in [1.29, 1.82) is 0 Å². The van der Waals surface area contributed by atoms with Gasteiger partial charge in [-0.25, -0.2) is 0 Å². The number of nitrogens with one attached hydrogen (secondary N) is 2. The van der Waals surface area contributed by atoms with Crippen LogP contribution in [0.5, 0.6) is 0 Å². The predicted octanol–water partition coefficient (Wildman–Crippen LogP) is 3.87. The molecule has 23 heavy (non-hydrogen) atoms. The zero-order valence-corrected chi connectivity index (χ0v) is 17.7. The summed E-state index contributed by atoms with van der Waals surface area (Å²) in [4.78, 5) is 5.63. The van der Waals surface area contributed by atoms with E-state index in [2.05, 4.69) is 53.9 Å². The quantitative estimate of drug-likeness (QED) is 0.415. The van der Waals surface area contributed by atoms with Gasteiger partial charge in [0.15, 0.2) is 5.96 Å². The van der Waals surface area contributed by atoms with Crippen molar-refractivity contribution in [3.63, 3.8) is 0 Å². The maximum absolute atomic E-state index is 6.04. The Bertz CT molecular complexity index is 471. The maximum Gasteiger partial charge on any atom is 0.191 e. The summed E-state index contributed by atoms with van der Waals surface area (Å²) in [5, 5.41) is 8.94. The van der Waals surface area contributed by atoms with Crippen molar-refractivity contribution in [1.82, 2.24) is 10.6 Å². The summed E-state index contributed by atoms with van der Waals surface area (Å²) >= 11 is 1.76. The van der Waals surface area contributed by atoms with Gasteiger partial charge in [0, 0.05) is 31.0 Å². The molecule has 1 aromatic rings. The molecule has 0 aliphatic carbocycles. The van der Waals surface area contributed by atoms with Gasteiger partial charge in [-0.1, -0.05) is 26.8 Å². The molecule has 0 amide bonds. The van der Waals surface area contributed by atoms with Gasteiger partial charge in [-0.15, -0.1) is 35.3 Å². The van der Waals surface area contributed by atoms with Crippen LogP contribution in [0.25, 0.3) is 0 Å². The minimum absolute atomic E-state index is 0. The molecule has 2 unspecified atom stereocenters. The van der Waals surface area contributed by atoms with E-state index in [1.165, 1.54) is 11.3 Å². The van der Waals surface area contributed by atoms with Gasteiger partial charge in [0.1, 0.15) is 0 Å². The minimum Gasteiger partial charge on any atom is -0.377 e. The molecule has 2 atom stereocenters. The number of guanidine groups is 1. The molecule has 2 heterocycles. The van der Waals surface area contributed by atoms with Crippen molar-refractivity contribution in [2.75, 3.05) is 20.2 Å². The van der Waals surface area contributed by atoms with Crippen LogP contribution in [0.15, 0.2) is 22.5 Å². The molecule has 1 saturated heterocycles. The Hall–Kier alpha value is -0.340. The molecule has 0 radical (unpaired) electrons. The molecule has 2 N–H and O–H groups in total. The summed E-state index contributed by atoms with van der Waals surface area (Å²) in [7, 11) is 1.82. The summed E-state index contributed by atoms with van der Waals surface area (Å²) in [6.07, 6.45) is 2.68. The molecule has 2 rings (SSSR count). The van der Waals surface area contributed by atoms with E-state index in [1.54, 1.807) is 11.3 Å². The van der Waals surface area contributed by atoms with Gasteiger partial charge in [0.2, 0.25) is 0 Å². The van der Waals surface area contributed by atoms with Crippen LogP contribution >= 0.6 is 35.3 Å². The van der Waals surface area contributed by atoms with Gasteiger partial charge in [0.05, 0.1) is 12.6 Å². The second-order valence-electron chi connectivity index (χ2n) is 6.95. The number of thiophene rings is 1. The van der Waals surface area contributed by atoms with Crippen molar-refractivity contribution >= 4 is 41.3 Å². The summed E-state index contributed by atoms with van der Waals surface area (Å²) in [6, 6.07) is 4.21. The highest BCUT2D eigenvalue weighted by molar-refractivity contribution is 14.0. The molecule has 0 aromatic carbocycles. The van der Waals surface area contributed by atoms with E-state index >= 15 is 0 Å². The van der Waals surface area contributed by atoms with E-state index in [0.717, 1.165) is 32.1 Å². The summed E-state index contributed by atoms with van der Waals surface area (Å²) in [5.74, 6) is 1.40. The number of hydrogen-bond donors (Lipinski definition) is 2. The van der Waals surface area contributed by atoms with Crippen molar-refractivity contribution in [3.05, 3.63) is 22.4 Å². The molecular weight excluding hydrogens is 421 g/mol. The zero-order chi connectivity index (χ0) is 16.0. The third-order valence-corrected chi connectivity index (χ3v) is 4.94. The average Bonchev–Trinajstić information content (AvgIpc) is 3.00. The third kappa shape index (κ3) is 6.58. The molecular formula is C17H30IN3OS. The molecule has 1 fully saturated rings. The van der Waals surface area contributed by atoms with E-state index in [-0.39, 0.29) is 29.4 Å². The Morgan fingerprint density at radius 2 is 2.17 bits per heavy atom. The number of halogens is 1. The molecule has 4 nitrogen and oxygen atoms in total. The summed E-state index contributed by atoms with van der Waals surface area (Å²) in [5.41, 5.74) is 0.181. The van der Waals surface area contributed by atoms with Crippen molar-refractivity contribution in [2.24, 2.45) is 16.3 Å². The van der Waals surface area contributed by atoms with E-state index < -0.39 is 0 Å². The summed E-state index contributed by atoms with van der Waals surface area (Å²) < 4.78 is 6.04. The highest BCUT2D eigenvalue weighted by Gasteiger charge is 2.35. The van der Waals surface area contributed by atoms with Gasteiger partial charge in [0.25, 0.3) is 0 Å². The van der Waals surface area contributed by atoms with Crippen LogP contribution in [0.2, 0.25) is 0 Å². The monoisotopic (exact) mass is 451 g/mol. The van der Waals surface area contributed by atoms with Crippen molar-refractivity contribution in [3.8, 4) is 0 Å². The third-order valence-electron chi connectivity index (χ3n) is 4.06. The molecule has 1 aliphatic heterocycles. The fourth-order valence-electron chi connectivity index (χ4n) is 3.04. The fraction of sp³-hybridized carbons (Fsp3) is 0.706. The lowest BCUT2D eigenvalue weighted by Crippen LogP contribution is -2.47. The molecule has 6 heteroatoms. The van der Waals surface area contributed by atoms with Gasteiger partial charge in [-0.2, -0.15) is 0 Å². The second-order valence-corrected chi connectivity index (χ2v) is 7.98. The van der Waals surface area contributed by atoms with Gasteiger partial charge < -0.3 is 15.4 Å². The standard InChI is InChI=1S/C17H29N3OS.HI/c1-17(2,3)15-13(7-5-9-21-15)11-19-16(18-4)20-12-14-8-6-10-22-14;/h6,8,10,13,15H,5,7,9,11-12H2,1-4H3,(H2,18,19,20);1H. The average molecular weight is 451 g/mol. The topological polar surface area (TPSA) is 45.7 Å². The van der Waals surface area contributed by atoms with E-state index in [4.69, 9.17) is 4.74 Å². The lowest BCUT2D eigenvalue weighted by molar-refractivity contribution is -0.0835. The number of aliphatic imine (C=N–C) groups is 1. The first-order valence-electron chi connectivity index (χ1n) is 8.09. The molecule has 0 spiro atoms. The minimum atomic E-state index is 0. The van der Waals surface area contributed by atoms with E-state index in [0.29, 0.717) is 12.0 Å². The highest BCUT2D eigenvalue weighted by atomic mass is 127. The van der Waals surface area contributed by atoms with Crippen LogP contribution in [0.3, 0.4) is 0 Å². The highest BCUT2D eigenvalue weighted by Crippen LogP contribution is 2.33. The lowest BCUT2D eigenvalue weighted by Gasteiger charge is -2.40. The maximum atomic E-state index is 6.04. The lowest BCUT2D eigenvalue weighted by atomic mass is 9.78. The fourth-order valence-corrected chi connectivity index (χ4v) is 3.69. The number of rotatable bonds is 4. The van der Waals surface area contributed by atoms with Crippen LogP contribution in [-0.4, -0.2) is 32.3 Å². The van der Waals surface area contributed by atoms with Crippen LogP contribution in [-0.2, 0) is 11.3 Å². The second kappa shape index (κ2) is 9.84. The molecule has 1 aromatic heterocycles. The predicted molar refractivity (Wildman–Crippen MR) is 110 cm³/mol. The van der Waals surface area contributed by atoms with Gasteiger partial charge in [-0.05, 0) is 29.7 Å². The molecule has 0 saturated carbocycles. The number of nitrogens with zero attached hydrogens (tertiary/aromatic N) is 1. The first kappa shape index (κ1) is 20.7. The van der Waals surface area contributed by atoms with Gasteiger partial charge >= 0.3 is 0 Å². The molecule has 0 bridgehead atoms. The van der Waals surface area contributed by atoms with Crippen LogP contribution in [0, 0.1) is 11.3 Å². The van der Waals surface area contributed by atoms with Crippen LogP contribution in [0.4, 0.5) is 0 Å². The van der Waals surface area contributed by atoms with Gasteiger partial charge in [-0.3, -0.25) is 4.99 Å². The molecule has 1 aliphatic rings. The first-order chi connectivity index (χ1) is 10.5.